The van der Waals surface area contributed by atoms with Crippen LogP contribution in [0.2, 0.25) is 0 Å². The molecule has 0 spiro atoms. The molecule has 0 fully saturated rings. The highest BCUT2D eigenvalue weighted by atomic mass is 32.2. The molecule has 0 aliphatic heterocycles. The number of nitrogens with two attached hydrogens (primary N) is 1. The molecule has 3 aromatic rings. The molecule has 3 aromatic carbocycles. The Morgan fingerprint density at radius 2 is 1.60 bits per heavy atom. The first kappa shape index (κ1) is 22.2. The van der Waals surface area contributed by atoms with Gasteiger partial charge in [-0.1, -0.05) is 48.0 Å². The molecule has 0 radical (unpaired) electrons. The van der Waals surface area contributed by atoms with E-state index in [1.807, 2.05) is 25.1 Å². The molecule has 30 heavy (non-hydrogen) atoms. The number of fused-ring (bicyclic) bond motifs is 1. The van der Waals surface area contributed by atoms with E-state index >= 15 is 0 Å². The highest BCUT2D eigenvalue weighted by Crippen LogP contribution is 2.29. The molecule has 0 saturated carbocycles. The average Bonchev–Trinajstić information content (AvgIpc) is 2.66. The fourth-order valence-corrected chi connectivity index (χ4v) is 5.23. The second kappa shape index (κ2) is 8.73. The summed E-state index contributed by atoms with van der Waals surface area (Å²) in [6.45, 7) is 1.85. The highest BCUT2D eigenvalue weighted by Gasteiger charge is 2.23. The van der Waals surface area contributed by atoms with Crippen molar-refractivity contribution in [3.05, 3.63) is 71.8 Å². The van der Waals surface area contributed by atoms with Crippen LogP contribution in [0.5, 0.6) is 5.75 Å². The number of aryl methyl sites for hydroxylation is 1. The van der Waals surface area contributed by atoms with E-state index in [0.29, 0.717) is 10.9 Å². The SMILES string of the molecule is Cc1ccc(S(=O)(=O)NC(CCS(N)(=O)=O)Cc2cccc3cccc(O)c23)cc1. The minimum absolute atomic E-state index is 0.00604. The summed E-state index contributed by atoms with van der Waals surface area (Å²) in [5, 5.41) is 16.9. The van der Waals surface area contributed by atoms with E-state index in [1.54, 1.807) is 30.3 Å². The maximum Gasteiger partial charge on any atom is 0.240 e. The largest absolute Gasteiger partial charge is 0.507 e. The number of rotatable bonds is 8. The van der Waals surface area contributed by atoms with Gasteiger partial charge in [-0.25, -0.2) is 26.7 Å². The number of phenols is 1. The van der Waals surface area contributed by atoms with Crippen molar-refractivity contribution in [3.8, 4) is 5.75 Å². The van der Waals surface area contributed by atoms with Crippen LogP contribution in [0, 0.1) is 6.92 Å². The molecule has 0 bridgehead atoms. The first-order valence-electron chi connectivity index (χ1n) is 9.34. The van der Waals surface area contributed by atoms with E-state index < -0.39 is 26.1 Å². The third kappa shape index (κ3) is 5.57. The van der Waals surface area contributed by atoms with Crippen molar-refractivity contribution >= 4 is 30.8 Å². The topological polar surface area (TPSA) is 127 Å². The molecule has 0 aromatic heterocycles. The molecule has 0 amide bonds. The van der Waals surface area contributed by atoms with Crippen LogP contribution in [-0.2, 0) is 26.5 Å². The van der Waals surface area contributed by atoms with Crippen molar-refractivity contribution in [3.63, 3.8) is 0 Å². The standard InChI is InChI=1S/C21H24N2O5S2/c1-15-8-10-19(11-9-15)30(27,28)23-18(12-13-29(22,25)26)14-17-6-2-4-16-5-3-7-20(24)21(16)17/h2-11,18,23-24H,12-14H2,1H3,(H2,22,25,26). The van der Waals surface area contributed by atoms with E-state index in [9.17, 15) is 21.9 Å². The highest BCUT2D eigenvalue weighted by molar-refractivity contribution is 7.89. The fourth-order valence-electron chi connectivity index (χ4n) is 3.35. The number of phenolic OH excluding ortho intramolecular Hbond substituents is 1. The lowest BCUT2D eigenvalue weighted by molar-refractivity contribution is 0.480. The smallest absolute Gasteiger partial charge is 0.240 e. The van der Waals surface area contributed by atoms with Crippen LogP contribution in [0.1, 0.15) is 17.5 Å². The fraction of sp³-hybridized carbons (Fsp3) is 0.238. The minimum atomic E-state index is -3.88. The molecule has 3 rings (SSSR count). The van der Waals surface area contributed by atoms with Crippen LogP contribution in [0.15, 0.2) is 65.6 Å². The molecule has 1 atom stereocenters. The van der Waals surface area contributed by atoms with Gasteiger partial charge in [0.05, 0.1) is 10.6 Å². The summed E-state index contributed by atoms with van der Waals surface area (Å²) in [7, 11) is -7.65. The average molecular weight is 449 g/mol. The molecule has 1 unspecified atom stereocenters. The Hall–Kier alpha value is -2.46. The Kier molecular flexibility index (Phi) is 6.47. The van der Waals surface area contributed by atoms with E-state index in [4.69, 9.17) is 5.14 Å². The van der Waals surface area contributed by atoms with Gasteiger partial charge in [-0.3, -0.25) is 0 Å². The first-order chi connectivity index (χ1) is 14.0. The molecular formula is C21H24N2O5S2. The van der Waals surface area contributed by atoms with Gasteiger partial charge in [-0.05, 0) is 48.9 Å². The van der Waals surface area contributed by atoms with Gasteiger partial charge in [0, 0.05) is 11.4 Å². The number of hydrogen-bond donors (Lipinski definition) is 3. The van der Waals surface area contributed by atoms with Crippen LogP contribution in [0.3, 0.4) is 0 Å². The lowest BCUT2D eigenvalue weighted by atomic mass is 9.97. The molecule has 0 heterocycles. The number of nitrogens with one attached hydrogen (secondary N) is 1. The molecule has 7 nitrogen and oxygen atoms in total. The van der Waals surface area contributed by atoms with Crippen LogP contribution < -0.4 is 9.86 Å². The summed E-state index contributed by atoms with van der Waals surface area (Å²) in [6.07, 6.45) is 0.184. The lowest BCUT2D eigenvalue weighted by Gasteiger charge is -2.20. The van der Waals surface area contributed by atoms with Gasteiger partial charge in [0.15, 0.2) is 0 Å². The molecular weight excluding hydrogens is 424 g/mol. The van der Waals surface area contributed by atoms with Crippen molar-refractivity contribution in [1.29, 1.82) is 0 Å². The van der Waals surface area contributed by atoms with E-state index in [0.717, 1.165) is 10.9 Å². The van der Waals surface area contributed by atoms with Gasteiger partial charge in [0.2, 0.25) is 20.0 Å². The van der Waals surface area contributed by atoms with Gasteiger partial charge < -0.3 is 5.11 Å². The van der Waals surface area contributed by atoms with Crippen LogP contribution in [0.25, 0.3) is 10.8 Å². The third-order valence-corrected chi connectivity index (χ3v) is 7.18. The van der Waals surface area contributed by atoms with Crippen molar-refractivity contribution in [1.82, 2.24) is 4.72 Å². The van der Waals surface area contributed by atoms with Crippen molar-refractivity contribution in [2.24, 2.45) is 5.14 Å². The number of hydrogen-bond acceptors (Lipinski definition) is 5. The normalized spacial score (nSPS) is 13.4. The van der Waals surface area contributed by atoms with E-state index in [1.165, 1.54) is 12.1 Å². The zero-order valence-electron chi connectivity index (χ0n) is 16.4. The number of benzene rings is 3. The van der Waals surface area contributed by atoms with Crippen molar-refractivity contribution < 1.29 is 21.9 Å². The number of sulfonamides is 2. The second-order valence-corrected chi connectivity index (χ2v) is 10.7. The summed E-state index contributed by atoms with van der Waals surface area (Å²) in [6, 6.07) is 16.2. The molecule has 160 valence electrons. The molecule has 0 aliphatic carbocycles. The zero-order valence-corrected chi connectivity index (χ0v) is 18.1. The van der Waals surface area contributed by atoms with Crippen LogP contribution in [-0.4, -0.2) is 33.7 Å². The first-order valence-corrected chi connectivity index (χ1v) is 12.5. The van der Waals surface area contributed by atoms with Gasteiger partial charge in [-0.15, -0.1) is 0 Å². The number of primary sulfonamides is 1. The van der Waals surface area contributed by atoms with Gasteiger partial charge >= 0.3 is 0 Å². The van der Waals surface area contributed by atoms with Gasteiger partial charge in [0.1, 0.15) is 5.75 Å². The maximum absolute atomic E-state index is 12.9. The Labute approximate surface area is 176 Å². The second-order valence-electron chi connectivity index (χ2n) is 7.28. The summed E-state index contributed by atoms with van der Waals surface area (Å²) in [5.74, 6) is -0.292. The molecule has 0 saturated heterocycles. The Morgan fingerprint density at radius 3 is 2.23 bits per heavy atom. The van der Waals surface area contributed by atoms with Gasteiger partial charge in [-0.2, -0.15) is 0 Å². The van der Waals surface area contributed by atoms with Gasteiger partial charge in [0.25, 0.3) is 0 Å². The maximum atomic E-state index is 12.9. The zero-order chi connectivity index (χ0) is 21.9. The van der Waals surface area contributed by atoms with Crippen LogP contribution >= 0.6 is 0 Å². The van der Waals surface area contributed by atoms with Crippen molar-refractivity contribution in [2.75, 3.05) is 5.75 Å². The minimum Gasteiger partial charge on any atom is -0.507 e. The summed E-state index contributed by atoms with van der Waals surface area (Å²) < 4.78 is 51.3. The Morgan fingerprint density at radius 1 is 0.967 bits per heavy atom. The predicted molar refractivity (Wildman–Crippen MR) is 117 cm³/mol. The van der Waals surface area contributed by atoms with Crippen molar-refractivity contribution in [2.45, 2.75) is 30.7 Å². The number of aromatic hydroxyl groups is 1. The van der Waals surface area contributed by atoms with E-state index in [-0.39, 0.29) is 29.2 Å². The molecule has 4 N–H and O–H groups in total. The Balaban J connectivity index is 1.94. The quantitative estimate of drug-likeness (QED) is 0.488. The summed E-state index contributed by atoms with van der Waals surface area (Å²) in [5.41, 5.74) is 1.63. The van der Waals surface area contributed by atoms with Crippen LogP contribution in [0.4, 0.5) is 0 Å². The third-order valence-electron chi connectivity index (χ3n) is 4.84. The lowest BCUT2D eigenvalue weighted by Crippen LogP contribution is -2.38. The summed E-state index contributed by atoms with van der Waals surface area (Å²) >= 11 is 0. The monoisotopic (exact) mass is 448 g/mol. The molecule has 0 aliphatic rings. The van der Waals surface area contributed by atoms with E-state index in [2.05, 4.69) is 4.72 Å². The Bertz CT molecular complexity index is 1250. The predicted octanol–water partition coefficient (Wildman–Crippen LogP) is 2.42. The summed E-state index contributed by atoms with van der Waals surface area (Å²) in [4.78, 5) is 0.0921. The molecule has 9 heteroatoms.